The summed E-state index contributed by atoms with van der Waals surface area (Å²) in [6.45, 7) is 5.35. The van der Waals surface area contributed by atoms with Gasteiger partial charge in [-0.15, -0.1) is 0 Å². The topological polar surface area (TPSA) is 97.6 Å². The summed E-state index contributed by atoms with van der Waals surface area (Å²) in [4.78, 5) is 35.3. The van der Waals surface area contributed by atoms with Crippen LogP contribution in [0.3, 0.4) is 0 Å². The van der Waals surface area contributed by atoms with E-state index in [4.69, 9.17) is 9.15 Å². The van der Waals surface area contributed by atoms with Gasteiger partial charge in [-0.05, 0) is 26.0 Å². The van der Waals surface area contributed by atoms with Crippen molar-refractivity contribution in [1.82, 2.24) is 20.2 Å². The molecule has 0 saturated carbocycles. The van der Waals surface area contributed by atoms with Crippen LogP contribution in [0.1, 0.15) is 27.7 Å². The maximum Gasteiger partial charge on any atom is 0.289 e. The minimum Gasteiger partial charge on any atom is -0.456 e. The number of carbonyl (C=O) groups is 2. The molecule has 2 amide bonds. The van der Waals surface area contributed by atoms with Crippen molar-refractivity contribution >= 4 is 11.8 Å². The predicted molar refractivity (Wildman–Crippen MR) is 94.7 cm³/mol. The quantitative estimate of drug-likeness (QED) is 0.865. The number of aryl methyl sites for hydroxylation is 2. The number of rotatable bonds is 4. The molecule has 2 aliphatic rings. The molecule has 0 unspecified atom stereocenters. The third kappa shape index (κ3) is 3.57. The third-order valence-electron chi connectivity index (χ3n) is 5.17. The lowest BCUT2D eigenvalue weighted by atomic mass is 9.92. The van der Waals surface area contributed by atoms with E-state index >= 15 is 0 Å². The van der Waals surface area contributed by atoms with Gasteiger partial charge in [-0.25, -0.2) is 0 Å². The van der Waals surface area contributed by atoms with Crippen molar-refractivity contribution in [2.75, 3.05) is 19.7 Å². The van der Waals surface area contributed by atoms with Gasteiger partial charge < -0.3 is 19.4 Å². The van der Waals surface area contributed by atoms with Gasteiger partial charge in [0.25, 0.3) is 5.91 Å². The van der Waals surface area contributed by atoms with Crippen molar-refractivity contribution in [2.45, 2.75) is 26.5 Å². The molecule has 2 aromatic heterocycles. The van der Waals surface area contributed by atoms with E-state index in [2.05, 4.69) is 15.3 Å². The van der Waals surface area contributed by atoms with Crippen molar-refractivity contribution in [1.29, 1.82) is 0 Å². The number of amides is 2. The summed E-state index contributed by atoms with van der Waals surface area (Å²) in [5.74, 6) is 0.513. The first-order valence-electron chi connectivity index (χ1n) is 9.04. The Morgan fingerprint density at radius 2 is 2.07 bits per heavy atom. The van der Waals surface area contributed by atoms with E-state index in [9.17, 15) is 9.59 Å². The van der Waals surface area contributed by atoms with Gasteiger partial charge in [0.1, 0.15) is 5.76 Å². The van der Waals surface area contributed by atoms with Crippen LogP contribution < -0.4 is 5.32 Å². The second kappa shape index (κ2) is 7.11. The van der Waals surface area contributed by atoms with Crippen molar-refractivity contribution in [2.24, 2.45) is 11.8 Å². The zero-order valence-electron chi connectivity index (χ0n) is 15.3. The van der Waals surface area contributed by atoms with Crippen LogP contribution in [-0.4, -0.2) is 52.5 Å². The highest BCUT2D eigenvalue weighted by Gasteiger charge is 2.48. The van der Waals surface area contributed by atoms with Crippen LogP contribution in [-0.2, 0) is 16.1 Å². The predicted octanol–water partition coefficient (Wildman–Crippen LogP) is 1.09. The lowest BCUT2D eigenvalue weighted by molar-refractivity contribution is -0.126. The zero-order valence-corrected chi connectivity index (χ0v) is 15.3. The number of likely N-dealkylation sites (tertiary alicyclic amines) is 1. The van der Waals surface area contributed by atoms with Crippen molar-refractivity contribution in [3.63, 3.8) is 0 Å². The minimum atomic E-state index is -0.274. The Kier molecular flexibility index (Phi) is 4.65. The van der Waals surface area contributed by atoms with Gasteiger partial charge in [-0.2, -0.15) is 0 Å². The van der Waals surface area contributed by atoms with E-state index < -0.39 is 0 Å². The monoisotopic (exact) mass is 370 g/mol. The van der Waals surface area contributed by atoms with E-state index in [1.54, 1.807) is 36.4 Å². The van der Waals surface area contributed by atoms with Gasteiger partial charge in [0.2, 0.25) is 5.91 Å². The molecule has 142 valence electrons. The molecule has 8 nitrogen and oxygen atoms in total. The molecule has 2 aliphatic heterocycles. The number of nitrogens with zero attached hydrogens (tertiary/aromatic N) is 3. The average Bonchev–Trinajstić information content (AvgIpc) is 3.35. The standard InChI is InChI=1S/C19H22N4O4/c1-11-5-21-13(6-20-11)7-22-18(24)15-10-26-17-9-23(8-14(15)17)19(25)16-4-3-12(2)27-16/h3-6,14-15,17H,7-10H2,1-2H3,(H,22,24)/t14-,15+,17-/m1/s1. The molecule has 2 aromatic rings. The number of carbonyl (C=O) groups excluding carboxylic acids is 2. The Labute approximate surface area is 156 Å². The third-order valence-corrected chi connectivity index (χ3v) is 5.17. The normalized spacial score (nSPS) is 24.1. The molecular weight excluding hydrogens is 348 g/mol. The molecule has 1 N–H and O–H groups in total. The summed E-state index contributed by atoms with van der Waals surface area (Å²) >= 11 is 0. The molecule has 2 saturated heterocycles. The number of fused-ring (bicyclic) bond motifs is 1. The van der Waals surface area contributed by atoms with E-state index in [1.165, 1.54) is 0 Å². The van der Waals surface area contributed by atoms with Crippen LogP contribution >= 0.6 is 0 Å². The number of hydrogen-bond donors (Lipinski definition) is 1. The molecule has 4 heterocycles. The Bertz CT molecular complexity index is 848. The van der Waals surface area contributed by atoms with Crippen LogP contribution in [0.4, 0.5) is 0 Å². The lowest BCUT2D eigenvalue weighted by Crippen LogP contribution is -2.37. The number of furan rings is 1. The van der Waals surface area contributed by atoms with Gasteiger partial charge in [-0.1, -0.05) is 0 Å². The molecule has 0 bridgehead atoms. The number of hydrogen-bond acceptors (Lipinski definition) is 6. The SMILES string of the molecule is Cc1cnc(CNC(=O)[C@H]2CO[C@@H]3CN(C(=O)c4ccc(C)o4)C[C@H]23)cn1. The molecule has 0 aromatic carbocycles. The highest BCUT2D eigenvalue weighted by molar-refractivity contribution is 5.92. The minimum absolute atomic E-state index is 0.00545. The van der Waals surface area contributed by atoms with Gasteiger partial charge in [0.15, 0.2) is 5.76 Å². The molecule has 4 rings (SSSR count). The average molecular weight is 370 g/mol. The molecule has 2 fully saturated rings. The Morgan fingerprint density at radius 1 is 1.22 bits per heavy atom. The van der Waals surface area contributed by atoms with Gasteiger partial charge in [0, 0.05) is 25.2 Å². The summed E-state index contributed by atoms with van der Waals surface area (Å²) in [6.07, 6.45) is 3.22. The molecule has 0 spiro atoms. The molecule has 8 heteroatoms. The van der Waals surface area contributed by atoms with Crippen molar-refractivity contribution < 1.29 is 18.7 Å². The first-order valence-corrected chi connectivity index (χ1v) is 9.04. The van der Waals surface area contributed by atoms with E-state index in [-0.39, 0.29) is 29.8 Å². The fraction of sp³-hybridized carbons (Fsp3) is 0.474. The van der Waals surface area contributed by atoms with Crippen molar-refractivity contribution in [3.05, 3.63) is 47.4 Å². The highest BCUT2D eigenvalue weighted by Crippen LogP contribution is 2.34. The van der Waals surface area contributed by atoms with Crippen LogP contribution in [0.5, 0.6) is 0 Å². The maximum atomic E-state index is 12.6. The van der Waals surface area contributed by atoms with Gasteiger partial charge >= 0.3 is 0 Å². The van der Waals surface area contributed by atoms with E-state index in [0.29, 0.717) is 43.5 Å². The number of ether oxygens (including phenoxy) is 1. The Hall–Kier alpha value is -2.74. The molecule has 27 heavy (non-hydrogen) atoms. The number of nitrogens with one attached hydrogen (secondary N) is 1. The summed E-state index contributed by atoms with van der Waals surface area (Å²) in [7, 11) is 0. The molecule has 3 atom stereocenters. The maximum absolute atomic E-state index is 12.6. The fourth-order valence-corrected chi connectivity index (χ4v) is 3.67. The fourth-order valence-electron chi connectivity index (χ4n) is 3.67. The smallest absolute Gasteiger partial charge is 0.289 e. The largest absolute Gasteiger partial charge is 0.456 e. The number of aromatic nitrogens is 2. The van der Waals surface area contributed by atoms with Crippen LogP contribution in [0.15, 0.2) is 28.9 Å². The van der Waals surface area contributed by atoms with Crippen molar-refractivity contribution in [3.8, 4) is 0 Å². The zero-order chi connectivity index (χ0) is 19.0. The summed E-state index contributed by atoms with van der Waals surface area (Å²) < 4.78 is 11.2. The van der Waals surface area contributed by atoms with E-state index in [1.807, 2.05) is 6.92 Å². The summed E-state index contributed by atoms with van der Waals surface area (Å²) in [5, 5.41) is 2.91. The first-order chi connectivity index (χ1) is 13.0. The Morgan fingerprint density at radius 3 is 2.78 bits per heavy atom. The van der Waals surface area contributed by atoms with Crippen LogP contribution in [0.2, 0.25) is 0 Å². The van der Waals surface area contributed by atoms with Gasteiger partial charge in [0.05, 0.1) is 42.8 Å². The lowest BCUT2D eigenvalue weighted by Gasteiger charge is -2.18. The van der Waals surface area contributed by atoms with Crippen LogP contribution in [0.25, 0.3) is 0 Å². The molecular formula is C19H22N4O4. The van der Waals surface area contributed by atoms with E-state index in [0.717, 1.165) is 5.69 Å². The molecule has 0 radical (unpaired) electrons. The second-order valence-corrected chi connectivity index (χ2v) is 7.13. The highest BCUT2D eigenvalue weighted by atomic mass is 16.5. The summed E-state index contributed by atoms with van der Waals surface area (Å²) in [5.41, 5.74) is 1.54. The van der Waals surface area contributed by atoms with Crippen LogP contribution in [0, 0.1) is 25.7 Å². The summed E-state index contributed by atoms with van der Waals surface area (Å²) in [6, 6.07) is 3.45. The first kappa shape index (κ1) is 17.7. The Balaban J connectivity index is 1.36. The second-order valence-electron chi connectivity index (χ2n) is 7.13. The molecule has 0 aliphatic carbocycles. The van der Waals surface area contributed by atoms with Gasteiger partial charge in [-0.3, -0.25) is 19.6 Å².